The van der Waals surface area contributed by atoms with Gasteiger partial charge >= 0.3 is 5.82 Å². The molecule has 0 unspecified atom stereocenters. The number of aromatic nitrogens is 1. The van der Waals surface area contributed by atoms with Crippen molar-refractivity contribution in [1.29, 1.82) is 0 Å². The molecule has 0 atom stereocenters. The van der Waals surface area contributed by atoms with Crippen LogP contribution in [0.15, 0.2) is 42.6 Å². The largest absolute Gasteiger partial charge is 0.358 e. The second-order valence-electron chi connectivity index (χ2n) is 3.27. The highest BCUT2D eigenvalue weighted by Crippen LogP contribution is 2.19. The van der Waals surface area contributed by atoms with E-state index in [4.69, 9.17) is 0 Å². The van der Waals surface area contributed by atoms with Gasteiger partial charge < -0.3 is 10.1 Å². The third-order valence-corrected chi connectivity index (χ3v) is 2.23. The molecule has 0 aliphatic heterocycles. The fraction of sp³-hybridized carbons (Fsp3) is 0.0909. The molecule has 0 spiro atoms. The molecule has 4 heteroatoms. The van der Waals surface area contributed by atoms with Crippen LogP contribution in [0.4, 0.5) is 5.82 Å². The standard InChI is InChI=1S/C11H10N2O2/c14-13(15)11-10(6-7-12-11)8-9-4-2-1-3-5-9/h1-7,12H,8H2. The molecule has 0 aliphatic rings. The van der Waals surface area contributed by atoms with E-state index >= 15 is 0 Å². The molecular formula is C11H10N2O2. The molecule has 1 aromatic heterocycles. The van der Waals surface area contributed by atoms with Gasteiger partial charge in [0.1, 0.15) is 0 Å². The van der Waals surface area contributed by atoms with E-state index in [1.807, 2.05) is 30.3 Å². The molecule has 0 amide bonds. The number of benzene rings is 1. The molecule has 76 valence electrons. The fourth-order valence-electron chi connectivity index (χ4n) is 1.52. The lowest BCUT2D eigenvalue weighted by Crippen LogP contribution is -1.94. The number of hydrogen-bond donors (Lipinski definition) is 1. The first-order chi connectivity index (χ1) is 7.27. The van der Waals surface area contributed by atoms with Crippen molar-refractivity contribution in [1.82, 2.24) is 4.98 Å². The number of rotatable bonds is 3. The van der Waals surface area contributed by atoms with Gasteiger partial charge in [-0.2, -0.15) is 0 Å². The Bertz CT molecular complexity index is 462. The Balaban J connectivity index is 2.25. The van der Waals surface area contributed by atoms with Gasteiger partial charge in [-0.15, -0.1) is 0 Å². The molecule has 0 saturated carbocycles. The number of aromatic amines is 1. The van der Waals surface area contributed by atoms with Gasteiger partial charge in [-0.1, -0.05) is 30.3 Å². The number of H-pyrrole nitrogens is 1. The highest BCUT2D eigenvalue weighted by atomic mass is 16.6. The van der Waals surface area contributed by atoms with E-state index < -0.39 is 4.92 Å². The monoisotopic (exact) mass is 202 g/mol. The molecule has 1 aromatic carbocycles. The van der Waals surface area contributed by atoms with Crippen molar-refractivity contribution in [3.05, 3.63) is 63.8 Å². The summed E-state index contributed by atoms with van der Waals surface area (Å²) < 4.78 is 0. The summed E-state index contributed by atoms with van der Waals surface area (Å²) in [5.74, 6) is 0.0823. The molecule has 15 heavy (non-hydrogen) atoms. The first-order valence-corrected chi connectivity index (χ1v) is 4.62. The highest BCUT2D eigenvalue weighted by Gasteiger charge is 2.12. The van der Waals surface area contributed by atoms with Gasteiger partial charge in [0.15, 0.2) is 0 Å². The Morgan fingerprint density at radius 1 is 1.20 bits per heavy atom. The Kier molecular flexibility index (Phi) is 2.49. The zero-order valence-corrected chi connectivity index (χ0v) is 8.01. The SMILES string of the molecule is O=[N+]([O-])c1[nH]ccc1Cc1ccccc1. The van der Waals surface area contributed by atoms with Crippen molar-refractivity contribution in [2.45, 2.75) is 6.42 Å². The van der Waals surface area contributed by atoms with Gasteiger partial charge in [-0.3, -0.25) is 0 Å². The summed E-state index contributed by atoms with van der Waals surface area (Å²) in [6.07, 6.45) is 2.18. The Morgan fingerprint density at radius 3 is 2.60 bits per heavy atom. The Morgan fingerprint density at radius 2 is 1.93 bits per heavy atom. The van der Waals surface area contributed by atoms with Crippen LogP contribution in [-0.2, 0) is 6.42 Å². The number of hydrogen-bond acceptors (Lipinski definition) is 2. The van der Waals surface area contributed by atoms with Crippen molar-refractivity contribution in [3.8, 4) is 0 Å². The summed E-state index contributed by atoms with van der Waals surface area (Å²) >= 11 is 0. The molecule has 4 nitrogen and oxygen atoms in total. The molecule has 1 N–H and O–H groups in total. The lowest BCUT2D eigenvalue weighted by atomic mass is 10.1. The van der Waals surface area contributed by atoms with E-state index in [-0.39, 0.29) is 5.82 Å². The lowest BCUT2D eigenvalue weighted by Gasteiger charge is -1.99. The molecule has 0 aliphatic carbocycles. The molecule has 0 saturated heterocycles. The zero-order chi connectivity index (χ0) is 10.7. The topological polar surface area (TPSA) is 58.9 Å². The van der Waals surface area contributed by atoms with Gasteiger partial charge in [-0.25, -0.2) is 4.98 Å². The summed E-state index contributed by atoms with van der Waals surface area (Å²) in [6.45, 7) is 0. The van der Waals surface area contributed by atoms with Crippen molar-refractivity contribution in [2.75, 3.05) is 0 Å². The number of nitro groups is 1. The first kappa shape index (κ1) is 9.45. The molecule has 2 aromatic rings. The minimum absolute atomic E-state index is 0.0823. The normalized spacial score (nSPS) is 10.1. The van der Waals surface area contributed by atoms with Crippen LogP contribution in [0.2, 0.25) is 0 Å². The van der Waals surface area contributed by atoms with Crippen LogP contribution >= 0.6 is 0 Å². The van der Waals surface area contributed by atoms with Crippen molar-refractivity contribution in [3.63, 3.8) is 0 Å². The zero-order valence-electron chi connectivity index (χ0n) is 8.01. The molecule has 0 bridgehead atoms. The maximum absolute atomic E-state index is 10.6. The van der Waals surface area contributed by atoms with Crippen LogP contribution < -0.4 is 0 Å². The summed E-state index contributed by atoms with van der Waals surface area (Å²) in [7, 11) is 0. The summed E-state index contributed by atoms with van der Waals surface area (Å²) in [5, 5.41) is 10.6. The first-order valence-electron chi connectivity index (χ1n) is 4.62. The van der Waals surface area contributed by atoms with E-state index in [2.05, 4.69) is 4.98 Å². The molecule has 1 heterocycles. The average Bonchev–Trinajstić information content (AvgIpc) is 2.67. The van der Waals surface area contributed by atoms with Crippen molar-refractivity contribution in [2.24, 2.45) is 0 Å². The predicted molar refractivity (Wildman–Crippen MR) is 56.7 cm³/mol. The Labute approximate surface area is 86.7 Å². The highest BCUT2D eigenvalue weighted by molar-refractivity contribution is 5.37. The number of nitrogens with zero attached hydrogens (tertiary/aromatic N) is 1. The molecule has 0 fully saturated rings. The predicted octanol–water partition coefficient (Wildman–Crippen LogP) is 2.51. The van der Waals surface area contributed by atoms with E-state index in [0.717, 1.165) is 5.56 Å². The quantitative estimate of drug-likeness (QED) is 0.614. The van der Waals surface area contributed by atoms with Gasteiger partial charge in [0.25, 0.3) is 0 Å². The Hall–Kier alpha value is -2.10. The smallest absolute Gasteiger partial charge is 0.324 e. The second kappa shape index (κ2) is 3.96. The maximum Gasteiger partial charge on any atom is 0.324 e. The van der Waals surface area contributed by atoms with Gasteiger partial charge in [0, 0.05) is 6.42 Å². The van der Waals surface area contributed by atoms with E-state index in [1.54, 1.807) is 12.3 Å². The van der Waals surface area contributed by atoms with Crippen molar-refractivity contribution < 1.29 is 4.92 Å². The molecule has 2 rings (SSSR count). The van der Waals surface area contributed by atoms with E-state index in [0.29, 0.717) is 12.0 Å². The van der Waals surface area contributed by atoms with Crippen LogP contribution in [-0.4, -0.2) is 9.91 Å². The van der Waals surface area contributed by atoms with Crippen LogP contribution in [0.3, 0.4) is 0 Å². The summed E-state index contributed by atoms with van der Waals surface area (Å²) in [5.41, 5.74) is 1.78. The van der Waals surface area contributed by atoms with Gasteiger partial charge in [0.05, 0.1) is 11.8 Å². The second-order valence-corrected chi connectivity index (χ2v) is 3.27. The lowest BCUT2D eigenvalue weighted by molar-refractivity contribution is -0.389. The number of nitrogens with one attached hydrogen (secondary N) is 1. The molecular weight excluding hydrogens is 192 g/mol. The van der Waals surface area contributed by atoms with Crippen LogP contribution in [0.5, 0.6) is 0 Å². The van der Waals surface area contributed by atoms with Crippen LogP contribution in [0.25, 0.3) is 0 Å². The third kappa shape index (κ3) is 2.04. The van der Waals surface area contributed by atoms with Crippen LogP contribution in [0, 0.1) is 10.1 Å². The molecule has 0 radical (unpaired) electrons. The third-order valence-electron chi connectivity index (χ3n) is 2.23. The van der Waals surface area contributed by atoms with Crippen molar-refractivity contribution >= 4 is 5.82 Å². The maximum atomic E-state index is 10.6. The minimum Gasteiger partial charge on any atom is -0.358 e. The average molecular weight is 202 g/mol. The fourth-order valence-corrected chi connectivity index (χ4v) is 1.52. The van der Waals surface area contributed by atoms with Gasteiger partial charge in [-0.05, 0) is 16.6 Å². The van der Waals surface area contributed by atoms with E-state index in [9.17, 15) is 10.1 Å². The minimum atomic E-state index is -0.391. The van der Waals surface area contributed by atoms with E-state index in [1.165, 1.54) is 0 Å². The summed E-state index contributed by atoms with van der Waals surface area (Å²) in [4.78, 5) is 12.9. The van der Waals surface area contributed by atoms with Crippen LogP contribution in [0.1, 0.15) is 11.1 Å². The van der Waals surface area contributed by atoms with Gasteiger partial charge in [0.2, 0.25) is 0 Å². The summed E-state index contributed by atoms with van der Waals surface area (Å²) in [6, 6.07) is 11.4.